The molecule has 2 N–H and O–H groups in total. The molecule has 1 fully saturated rings. The maximum absolute atomic E-state index is 10.1. The molecule has 118 valence electrons. The third kappa shape index (κ3) is 2.58. The van der Waals surface area contributed by atoms with Gasteiger partial charge in [-0.05, 0) is 24.6 Å². The van der Waals surface area contributed by atoms with Crippen molar-refractivity contribution in [2.45, 2.75) is 12.5 Å². The molecule has 1 atom stereocenters. The van der Waals surface area contributed by atoms with Crippen molar-refractivity contribution in [2.75, 3.05) is 18.5 Å². The van der Waals surface area contributed by atoms with Crippen LogP contribution in [0.4, 0.5) is 5.95 Å². The number of anilines is 1. The number of nitrogens with one attached hydrogen (secondary N) is 1. The minimum absolute atomic E-state index is 0.0554. The van der Waals surface area contributed by atoms with Crippen LogP contribution in [-0.2, 0) is 4.74 Å². The highest BCUT2D eigenvalue weighted by molar-refractivity contribution is 6.30. The van der Waals surface area contributed by atoms with Crippen LogP contribution >= 0.6 is 11.6 Å². The molecular formula is C15H14ClN5O2. The number of hydrogen-bond acceptors (Lipinski definition) is 6. The first-order valence-electron chi connectivity index (χ1n) is 7.24. The van der Waals surface area contributed by atoms with Gasteiger partial charge in [-0.2, -0.15) is 0 Å². The topological polar surface area (TPSA) is 84.6 Å². The van der Waals surface area contributed by atoms with E-state index in [1.54, 1.807) is 24.7 Å². The maximum Gasteiger partial charge on any atom is 0.229 e. The van der Waals surface area contributed by atoms with Crippen LogP contribution in [0.15, 0.2) is 30.7 Å². The van der Waals surface area contributed by atoms with E-state index < -0.39 is 0 Å². The minimum Gasteiger partial charge on any atom is -0.507 e. The highest BCUT2D eigenvalue weighted by Gasteiger charge is 2.19. The van der Waals surface area contributed by atoms with E-state index in [2.05, 4.69) is 20.5 Å². The Morgan fingerprint density at radius 3 is 3.04 bits per heavy atom. The summed E-state index contributed by atoms with van der Waals surface area (Å²) in [7, 11) is 0. The highest BCUT2D eigenvalue weighted by atomic mass is 35.5. The minimum atomic E-state index is 0.0554. The fourth-order valence-corrected chi connectivity index (χ4v) is 2.83. The first kappa shape index (κ1) is 14.2. The van der Waals surface area contributed by atoms with Crippen LogP contribution in [0, 0.1) is 0 Å². The second-order valence-corrected chi connectivity index (χ2v) is 5.82. The highest BCUT2D eigenvalue weighted by Crippen LogP contribution is 2.33. The van der Waals surface area contributed by atoms with Gasteiger partial charge in [0.1, 0.15) is 17.8 Å². The van der Waals surface area contributed by atoms with E-state index in [0.717, 1.165) is 18.5 Å². The molecule has 1 aliphatic heterocycles. The van der Waals surface area contributed by atoms with Crippen molar-refractivity contribution in [1.82, 2.24) is 19.6 Å². The number of aromatic nitrogens is 4. The Balaban J connectivity index is 1.78. The lowest BCUT2D eigenvalue weighted by atomic mass is 10.1. The van der Waals surface area contributed by atoms with Crippen molar-refractivity contribution in [2.24, 2.45) is 0 Å². The Hall–Kier alpha value is -2.38. The summed E-state index contributed by atoms with van der Waals surface area (Å²) in [4.78, 5) is 4.17. The van der Waals surface area contributed by atoms with Gasteiger partial charge in [-0.3, -0.25) is 4.40 Å². The Kier molecular flexibility index (Phi) is 3.51. The van der Waals surface area contributed by atoms with Gasteiger partial charge in [-0.25, -0.2) is 4.98 Å². The van der Waals surface area contributed by atoms with Crippen molar-refractivity contribution >= 4 is 23.1 Å². The van der Waals surface area contributed by atoms with Gasteiger partial charge in [-0.15, -0.1) is 10.2 Å². The molecule has 1 aliphatic rings. The van der Waals surface area contributed by atoms with Gasteiger partial charge in [0.05, 0.1) is 24.4 Å². The summed E-state index contributed by atoms with van der Waals surface area (Å²) in [5.41, 5.74) is 1.85. The molecular weight excluding hydrogens is 318 g/mol. The zero-order chi connectivity index (χ0) is 15.8. The number of fused-ring (bicyclic) bond motifs is 1. The number of imidazole rings is 1. The fraction of sp³-hybridized carbons (Fsp3) is 0.267. The summed E-state index contributed by atoms with van der Waals surface area (Å²) in [5, 5.41) is 22.4. The number of aromatic hydroxyl groups is 1. The molecule has 1 saturated heterocycles. The van der Waals surface area contributed by atoms with Crippen LogP contribution in [0.1, 0.15) is 6.42 Å². The van der Waals surface area contributed by atoms with E-state index in [0.29, 0.717) is 28.8 Å². The smallest absolute Gasteiger partial charge is 0.229 e. The number of ether oxygens (including phenoxy) is 1. The van der Waals surface area contributed by atoms with E-state index in [4.69, 9.17) is 16.3 Å². The number of halogens is 1. The monoisotopic (exact) mass is 331 g/mol. The number of nitrogens with zero attached hydrogens (tertiary/aromatic N) is 4. The zero-order valence-corrected chi connectivity index (χ0v) is 12.9. The summed E-state index contributed by atoms with van der Waals surface area (Å²) >= 11 is 5.89. The normalized spacial score (nSPS) is 17.7. The molecule has 8 heteroatoms. The van der Waals surface area contributed by atoms with Gasteiger partial charge in [0.2, 0.25) is 5.95 Å². The van der Waals surface area contributed by atoms with Gasteiger partial charge in [0.25, 0.3) is 0 Å². The largest absolute Gasteiger partial charge is 0.507 e. The van der Waals surface area contributed by atoms with E-state index in [1.165, 1.54) is 6.07 Å². The SMILES string of the molecule is Oc1cc(Cl)ccc1-c1nnc(NC2CCOC2)n2cncc12. The number of phenols is 1. The molecule has 4 rings (SSSR count). The molecule has 0 spiro atoms. The second kappa shape index (κ2) is 5.68. The Morgan fingerprint density at radius 1 is 1.35 bits per heavy atom. The van der Waals surface area contributed by atoms with E-state index in [-0.39, 0.29) is 11.8 Å². The molecule has 23 heavy (non-hydrogen) atoms. The Labute approximate surface area is 136 Å². The second-order valence-electron chi connectivity index (χ2n) is 5.39. The van der Waals surface area contributed by atoms with E-state index in [9.17, 15) is 5.11 Å². The molecule has 7 nitrogen and oxygen atoms in total. The van der Waals surface area contributed by atoms with Crippen LogP contribution in [0.5, 0.6) is 5.75 Å². The Morgan fingerprint density at radius 2 is 2.26 bits per heavy atom. The van der Waals surface area contributed by atoms with Crippen LogP contribution in [0.25, 0.3) is 16.8 Å². The summed E-state index contributed by atoms with van der Waals surface area (Å²) in [6.07, 6.45) is 4.28. The van der Waals surface area contributed by atoms with Gasteiger partial charge in [0.15, 0.2) is 0 Å². The van der Waals surface area contributed by atoms with Crippen molar-refractivity contribution in [3.8, 4) is 17.0 Å². The average Bonchev–Trinajstić information content (AvgIpc) is 3.19. The third-order valence-corrected chi connectivity index (χ3v) is 4.07. The molecule has 0 amide bonds. The predicted molar refractivity (Wildman–Crippen MR) is 85.7 cm³/mol. The first-order chi connectivity index (χ1) is 11.2. The molecule has 2 aromatic heterocycles. The molecule has 0 aliphatic carbocycles. The number of benzene rings is 1. The maximum atomic E-state index is 10.1. The standard InChI is InChI=1S/C15H14ClN5O2/c16-9-1-2-11(13(22)5-9)14-12-6-17-8-21(12)15(20-19-14)18-10-3-4-23-7-10/h1-2,5-6,8,10,22H,3-4,7H2,(H,18,20). The molecule has 0 saturated carbocycles. The van der Waals surface area contributed by atoms with Crippen LogP contribution in [0.3, 0.4) is 0 Å². The lowest BCUT2D eigenvalue weighted by molar-refractivity contribution is 0.195. The van der Waals surface area contributed by atoms with Crippen molar-refractivity contribution in [1.29, 1.82) is 0 Å². The van der Waals surface area contributed by atoms with Crippen molar-refractivity contribution in [3.63, 3.8) is 0 Å². The molecule has 3 aromatic rings. The average molecular weight is 332 g/mol. The number of rotatable bonds is 3. The molecule has 3 heterocycles. The molecule has 1 unspecified atom stereocenters. The van der Waals surface area contributed by atoms with E-state index in [1.807, 2.05) is 4.40 Å². The molecule has 0 bridgehead atoms. The summed E-state index contributed by atoms with van der Waals surface area (Å²) in [5.74, 6) is 0.657. The quantitative estimate of drug-likeness (QED) is 0.766. The fourth-order valence-electron chi connectivity index (χ4n) is 2.66. The summed E-state index contributed by atoms with van der Waals surface area (Å²) in [6.45, 7) is 1.40. The van der Waals surface area contributed by atoms with Crippen molar-refractivity contribution in [3.05, 3.63) is 35.7 Å². The van der Waals surface area contributed by atoms with Crippen LogP contribution < -0.4 is 5.32 Å². The number of phenolic OH excluding ortho intramolecular Hbond substituents is 1. The molecule has 1 aromatic carbocycles. The number of hydrogen-bond donors (Lipinski definition) is 2. The Bertz CT molecular complexity index is 860. The van der Waals surface area contributed by atoms with Crippen LogP contribution in [-0.4, -0.2) is 43.9 Å². The predicted octanol–water partition coefficient (Wildman–Crippen LogP) is 2.35. The van der Waals surface area contributed by atoms with Gasteiger partial charge in [-0.1, -0.05) is 11.6 Å². The van der Waals surface area contributed by atoms with E-state index >= 15 is 0 Å². The van der Waals surface area contributed by atoms with Gasteiger partial charge < -0.3 is 15.2 Å². The first-order valence-corrected chi connectivity index (χ1v) is 7.62. The molecule has 0 radical (unpaired) electrons. The van der Waals surface area contributed by atoms with Gasteiger partial charge >= 0.3 is 0 Å². The summed E-state index contributed by atoms with van der Waals surface area (Å²) in [6, 6.07) is 5.11. The summed E-state index contributed by atoms with van der Waals surface area (Å²) < 4.78 is 7.18. The van der Waals surface area contributed by atoms with Crippen LogP contribution in [0.2, 0.25) is 5.02 Å². The third-order valence-electron chi connectivity index (χ3n) is 3.83. The zero-order valence-electron chi connectivity index (χ0n) is 12.1. The lowest BCUT2D eigenvalue weighted by Crippen LogP contribution is -2.22. The lowest BCUT2D eigenvalue weighted by Gasteiger charge is -2.13. The van der Waals surface area contributed by atoms with Gasteiger partial charge in [0, 0.05) is 17.2 Å². The van der Waals surface area contributed by atoms with Crippen molar-refractivity contribution < 1.29 is 9.84 Å².